The van der Waals surface area contributed by atoms with Gasteiger partial charge >= 0.3 is 0 Å². The number of halogens is 1. The van der Waals surface area contributed by atoms with Crippen molar-refractivity contribution in [1.29, 1.82) is 0 Å². The highest BCUT2D eigenvalue weighted by Crippen LogP contribution is 2.65. The number of benzene rings is 3. The maximum absolute atomic E-state index is 15.6. The maximum atomic E-state index is 15.6. The largest absolute Gasteiger partial charge is 0.472 e. The molecule has 236 valence electrons. The van der Waals surface area contributed by atoms with Crippen LogP contribution in [0.15, 0.2) is 72.1 Å². The molecule has 0 amide bonds. The van der Waals surface area contributed by atoms with Crippen molar-refractivity contribution in [2.75, 3.05) is 12.9 Å². The van der Waals surface area contributed by atoms with Crippen LogP contribution >= 0.6 is 11.8 Å². The van der Waals surface area contributed by atoms with E-state index in [0.29, 0.717) is 29.6 Å². The molecule has 1 aliphatic heterocycles. The molecule has 1 spiro atoms. The summed E-state index contributed by atoms with van der Waals surface area (Å²) in [4.78, 5) is 15.2. The first-order valence-electron chi connectivity index (χ1n) is 16.5. The molecular weight excluding hydrogens is 610 g/mol. The van der Waals surface area contributed by atoms with E-state index in [1.807, 2.05) is 54.5 Å². The van der Waals surface area contributed by atoms with Crippen LogP contribution in [0.2, 0.25) is 0 Å². The summed E-state index contributed by atoms with van der Waals surface area (Å²) in [5.41, 5.74) is 8.36. The highest BCUT2D eigenvalue weighted by molar-refractivity contribution is 7.98. The Hall–Kier alpha value is -4.34. The summed E-state index contributed by atoms with van der Waals surface area (Å²) < 4.78 is 30.3. The molecule has 2 aliphatic carbocycles. The van der Waals surface area contributed by atoms with Gasteiger partial charge in [-0.2, -0.15) is 10.1 Å². The van der Waals surface area contributed by atoms with Gasteiger partial charge in [-0.1, -0.05) is 55.1 Å². The van der Waals surface area contributed by atoms with Gasteiger partial charge in [0.05, 0.1) is 28.7 Å². The molecule has 47 heavy (non-hydrogen) atoms. The Balaban J connectivity index is 1.30. The van der Waals surface area contributed by atoms with Crippen molar-refractivity contribution in [3.05, 3.63) is 95.2 Å². The predicted octanol–water partition coefficient (Wildman–Crippen LogP) is 8.80. The lowest BCUT2D eigenvalue weighted by molar-refractivity contribution is -0.0366. The average molecular weight is 644 g/mol. The summed E-state index contributed by atoms with van der Waals surface area (Å²) in [6, 6.07) is 17.9. The van der Waals surface area contributed by atoms with Gasteiger partial charge in [-0.05, 0) is 96.0 Å². The third-order valence-electron chi connectivity index (χ3n) is 10.1. The second-order valence-electron chi connectivity index (χ2n) is 12.7. The lowest BCUT2D eigenvalue weighted by Gasteiger charge is -2.24. The van der Waals surface area contributed by atoms with E-state index in [2.05, 4.69) is 24.3 Å². The van der Waals surface area contributed by atoms with Gasteiger partial charge in [0.1, 0.15) is 12.4 Å². The van der Waals surface area contributed by atoms with E-state index in [0.717, 1.165) is 99.6 Å². The van der Waals surface area contributed by atoms with E-state index in [1.165, 1.54) is 11.8 Å². The fourth-order valence-corrected chi connectivity index (χ4v) is 8.15. The van der Waals surface area contributed by atoms with Crippen LogP contribution < -0.4 is 4.74 Å². The van der Waals surface area contributed by atoms with Gasteiger partial charge in [-0.15, -0.1) is 0 Å². The molecule has 0 N–H and O–H groups in total. The van der Waals surface area contributed by atoms with Crippen LogP contribution in [0.3, 0.4) is 0 Å². The van der Waals surface area contributed by atoms with Crippen molar-refractivity contribution in [1.82, 2.24) is 24.7 Å². The van der Waals surface area contributed by atoms with Gasteiger partial charge in [0.15, 0.2) is 11.4 Å². The van der Waals surface area contributed by atoms with Crippen molar-refractivity contribution in [3.63, 3.8) is 0 Å². The Morgan fingerprint density at radius 2 is 1.94 bits per heavy atom. The number of aryl methyl sites for hydroxylation is 1. The van der Waals surface area contributed by atoms with Gasteiger partial charge in [-0.3, -0.25) is 4.98 Å². The Labute approximate surface area is 276 Å². The molecule has 9 rings (SSSR count). The van der Waals surface area contributed by atoms with Crippen molar-refractivity contribution in [2.45, 2.75) is 68.9 Å². The molecule has 4 heterocycles. The smallest absolute Gasteiger partial charge is 0.226 e. The van der Waals surface area contributed by atoms with Crippen LogP contribution in [-0.2, 0) is 23.2 Å². The van der Waals surface area contributed by atoms with E-state index in [-0.39, 0.29) is 17.5 Å². The van der Waals surface area contributed by atoms with E-state index < -0.39 is 0 Å². The van der Waals surface area contributed by atoms with Gasteiger partial charge in [0.25, 0.3) is 0 Å². The number of fused-ring (bicyclic) bond motifs is 7. The van der Waals surface area contributed by atoms with Gasteiger partial charge < -0.3 is 9.47 Å². The van der Waals surface area contributed by atoms with Crippen LogP contribution in [0, 0.1) is 5.82 Å². The number of aromatic nitrogens is 5. The number of rotatable bonds is 7. The molecule has 0 radical (unpaired) electrons. The number of nitrogens with zero attached hydrogens (tertiary/aromatic N) is 5. The minimum atomic E-state index is -0.302. The molecule has 9 heteroatoms. The maximum Gasteiger partial charge on any atom is 0.226 e. The number of pyridine rings is 1. The lowest BCUT2D eigenvalue weighted by Crippen LogP contribution is -2.19. The third-order valence-corrected chi connectivity index (χ3v) is 10.7. The zero-order chi connectivity index (χ0) is 31.7. The Morgan fingerprint density at radius 3 is 2.70 bits per heavy atom. The topological polar surface area (TPSA) is 75.0 Å². The standard InChI is InChI=1S/C38H34FN5O2S/c1-3-24-27(39)13-12-23-19-28-26(20-41-44(28)29-11-7-8-18-45-29)31(30(23)24)34-33-25(14-17-40-34)32-35(38(33)15-16-38)42-37(47-2)43-36(32)46-21-22-9-5-4-6-10-22/h4-6,9-10,12-14,17,19-20,29H,3,7-8,11,15-16,18,21H2,1-2H3. The third kappa shape index (κ3) is 4.43. The van der Waals surface area contributed by atoms with Crippen LogP contribution in [0.25, 0.3) is 44.1 Å². The zero-order valence-electron chi connectivity index (χ0n) is 26.4. The molecule has 7 nitrogen and oxygen atoms in total. The first kappa shape index (κ1) is 28.8. The first-order valence-corrected chi connectivity index (χ1v) is 17.7. The molecule has 3 aliphatic rings. The zero-order valence-corrected chi connectivity index (χ0v) is 27.2. The molecule has 3 aromatic carbocycles. The summed E-state index contributed by atoms with van der Waals surface area (Å²) in [6.07, 6.45) is 11.2. The van der Waals surface area contributed by atoms with E-state index >= 15 is 4.39 Å². The number of hydrogen-bond acceptors (Lipinski definition) is 7. The summed E-state index contributed by atoms with van der Waals surface area (Å²) in [5, 5.41) is 8.42. The van der Waals surface area contributed by atoms with Crippen LogP contribution in [-0.4, -0.2) is 37.6 Å². The number of ether oxygens (including phenoxy) is 2. The molecule has 1 unspecified atom stereocenters. The quantitative estimate of drug-likeness (QED) is 0.127. The van der Waals surface area contributed by atoms with Crippen LogP contribution in [0.1, 0.15) is 67.6 Å². The summed E-state index contributed by atoms with van der Waals surface area (Å²) in [5.74, 6) is 0.392. The fraction of sp³-hybridized carbons (Fsp3) is 0.316. The Kier molecular flexibility index (Phi) is 6.83. The predicted molar refractivity (Wildman–Crippen MR) is 182 cm³/mol. The molecule has 3 aromatic heterocycles. The van der Waals surface area contributed by atoms with E-state index in [9.17, 15) is 0 Å². The normalized spacial score (nSPS) is 17.7. The monoisotopic (exact) mass is 643 g/mol. The molecule has 1 atom stereocenters. The lowest BCUT2D eigenvalue weighted by atomic mass is 9.87. The second-order valence-corrected chi connectivity index (χ2v) is 13.5. The molecule has 1 saturated heterocycles. The van der Waals surface area contributed by atoms with Crippen molar-refractivity contribution >= 4 is 33.4 Å². The number of hydrogen-bond donors (Lipinski definition) is 0. The van der Waals surface area contributed by atoms with Crippen molar-refractivity contribution in [2.24, 2.45) is 0 Å². The minimum Gasteiger partial charge on any atom is -0.472 e. The average Bonchev–Trinajstić information content (AvgIpc) is 3.73. The summed E-state index contributed by atoms with van der Waals surface area (Å²) in [7, 11) is 0. The summed E-state index contributed by atoms with van der Waals surface area (Å²) in [6.45, 7) is 3.14. The molecule has 0 bridgehead atoms. The van der Waals surface area contributed by atoms with Crippen LogP contribution in [0.5, 0.6) is 5.88 Å². The summed E-state index contributed by atoms with van der Waals surface area (Å²) >= 11 is 1.52. The van der Waals surface area contributed by atoms with Crippen LogP contribution in [0.4, 0.5) is 4.39 Å². The Bertz CT molecular complexity index is 2190. The van der Waals surface area contributed by atoms with E-state index in [4.69, 9.17) is 29.5 Å². The van der Waals surface area contributed by atoms with Crippen molar-refractivity contribution < 1.29 is 13.9 Å². The molecule has 1 saturated carbocycles. The van der Waals surface area contributed by atoms with E-state index in [1.54, 1.807) is 6.07 Å². The van der Waals surface area contributed by atoms with Gasteiger partial charge in [0.2, 0.25) is 5.88 Å². The Morgan fingerprint density at radius 1 is 1.06 bits per heavy atom. The van der Waals surface area contributed by atoms with Crippen molar-refractivity contribution in [3.8, 4) is 28.3 Å². The molecule has 6 aromatic rings. The molecular formula is C38H34FN5O2S. The minimum absolute atomic E-state index is 0.129. The second kappa shape index (κ2) is 11.1. The van der Waals surface area contributed by atoms with Gasteiger partial charge in [0, 0.05) is 29.2 Å². The number of thioether (sulfide) groups is 1. The fourth-order valence-electron chi connectivity index (χ4n) is 7.79. The first-order chi connectivity index (χ1) is 23.1. The molecule has 2 fully saturated rings. The highest BCUT2D eigenvalue weighted by Gasteiger charge is 2.57. The van der Waals surface area contributed by atoms with Gasteiger partial charge in [-0.25, -0.2) is 14.1 Å². The highest BCUT2D eigenvalue weighted by atomic mass is 32.2. The SMILES string of the molecule is CCc1c(F)ccc2cc3c(cnn3C3CCCCO3)c(-c3nccc4c3C3(CC3)c3nc(SC)nc(OCc5ccccc5)c3-4)c12.